The highest BCUT2D eigenvalue weighted by Crippen LogP contribution is 2.20. The summed E-state index contributed by atoms with van der Waals surface area (Å²) in [6.07, 6.45) is 3.44. The van der Waals surface area contributed by atoms with Gasteiger partial charge in [0.15, 0.2) is 0 Å². The van der Waals surface area contributed by atoms with E-state index < -0.39 is 22.5 Å². The average molecular weight is 490 g/mol. The predicted octanol–water partition coefficient (Wildman–Crippen LogP) is 2.28. The minimum Gasteiger partial charge on any atom is -0.396 e. The van der Waals surface area contributed by atoms with Crippen LogP contribution in [-0.2, 0) is 22.0 Å². The number of nitrogens with one attached hydrogen (secondary N) is 2. The Morgan fingerprint density at radius 1 is 1.24 bits per heavy atom. The minimum absolute atomic E-state index is 0.0147. The SMILES string of the molecule is COCCNC(=O)c1cnc(Nc2ccc(S(C)=O)c(F)c2)nc1N.OCCc1ccccc1. The van der Waals surface area contributed by atoms with E-state index in [1.165, 1.54) is 37.3 Å². The Morgan fingerprint density at radius 3 is 2.56 bits per heavy atom. The molecule has 1 unspecified atom stereocenters. The van der Waals surface area contributed by atoms with Gasteiger partial charge in [-0.1, -0.05) is 30.3 Å². The first-order chi connectivity index (χ1) is 16.3. The molecule has 0 aliphatic carbocycles. The largest absolute Gasteiger partial charge is 0.396 e. The third kappa shape index (κ3) is 8.50. The molecule has 0 bridgehead atoms. The monoisotopic (exact) mass is 489 g/mol. The van der Waals surface area contributed by atoms with Crippen LogP contribution >= 0.6 is 0 Å². The molecule has 0 fully saturated rings. The first-order valence-electron chi connectivity index (χ1n) is 10.3. The molecule has 0 saturated heterocycles. The van der Waals surface area contributed by atoms with Crippen LogP contribution in [0.1, 0.15) is 15.9 Å². The summed E-state index contributed by atoms with van der Waals surface area (Å²) in [6, 6.07) is 14.1. The molecule has 1 heterocycles. The molecule has 1 aromatic heterocycles. The van der Waals surface area contributed by atoms with Gasteiger partial charge in [0, 0.05) is 38.4 Å². The van der Waals surface area contributed by atoms with Crippen LogP contribution in [-0.4, -0.2) is 58.3 Å². The van der Waals surface area contributed by atoms with E-state index in [0.29, 0.717) is 18.8 Å². The maximum absolute atomic E-state index is 13.8. The molecule has 3 aromatic rings. The van der Waals surface area contributed by atoms with Crippen LogP contribution in [0.4, 0.5) is 21.8 Å². The van der Waals surface area contributed by atoms with Crippen molar-refractivity contribution in [3.8, 4) is 0 Å². The van der Waals surface area contributed by atoms with E-state index in [2.05, 4.69) is 20.6 Å². The Bertz CT molecular complexity index is 1100. The van der Waals surface area contributed by atoms with Gasteiger partial charge in [-0.2, -0.15) is 4.98 Å². The van der Waals surface area contributed by atoms with Crippen LogP contribution in [0.25, 0.3) is 0 Å². The maximum atomic E-state index is 13.8. The number of aromatic nitrogens is 2. The summed E-state index contributed by atoms with van der Waals surface area (Å²) in [7, 11) is 0.107. The number of amides is 1. The van der Waals surface area contributed by atoms with Gasteiger partial charge in [0.1, 0.15) is 11.6 Å². The van der Waals surface area contributed by atoms with Crippen LogP contribution in [0.2, 0.25) is 0 Å². The van der Waals surface area contributed by atoms with Crippen LogP contribution in [0, 0.1) is 5.82 Å². The van der Waals surface area contributed by atoms with E-state index >= 15 is 0 Å². The second-order valence-corrected chi connectivity index (χ2v) is 8.27. The number of nitrogens with zero attached hydrogens (tertiary/aromatic N) is 2. The highest BCUT2D eigenvalue weighted by Gasteiger charge is 2.13. The Morgan fingerprint density at radius 2 is 1.97 bits per heavy atom. The van der Waals surface area contributed by atoms with Crippen LogP contribution < -0.4 is 16.4 Å². The van der Waals surface area contributed by atoms with Gasteiger partial charge in [0.05, 0.1) is 27.9 Å². The smallest absolute Gasteiger partial charge is 0.256 e. The van der Waals surface area contributed by atoms with Crippen molar-refractivity contribution in [3.63, 3.8) is 0 Å². The summed E-state index contributed by atoms with van der Waals surface area (Å²) in [5, 5.41) is 13.9. The number of nitrogens with two attached hydrogens (primary N) is 1. The van der Waals surface area contributed by atoms with Gasteiger partial charge in [-0.3, -0.25) is 9.00 Å². The fourth-order valence-corrected chi connectivity index (χ4v) is 3.30. The number of hydrogen-bond acceptors (Lipinski definition) is 8. The Hall–Kier alpha value is -3.41. The van der Waals surface area contributed by atoms with Crippen molar-refractivity contribution in [2.45, 2.75) is 11.3 Å². The molecule has 11 heteroatoms. The molecule has 182 valence electrons. The molecule has 1 atom stereocenters. The van der Waals surface area contributed by atoms with E-state index in [9.17, 15) is 13.4 Å². The van der Waals surface area contributed by atoms with E-state index in [4.69, 9.17) is 15.6 Å². The lowest BCUT2D eigenvalue weighted by molar-refractivity contribution is 0.0937. The summed E-state index contributed by atoms with van der Waals surface area (Å²) in [5.74, 6) is -0.926. The number of aliphatic hydroxyl groups excluding tert-OH is 1. The molecule has 5 N–H and O–H groups in total. The van der Waals surface area contributed by atoms with Gasteiger partial charge in [-0.15, -0.1) is 0 Å². The van der Waals surface area contributed by atoms with Crippen LogP contribution in [0.5, 0.6) is 0 Å². The van der Waals surface area contributed by atoms with Crippen molar-refractivity contribution in [2.24, 2.45) is 0 Å². The lowest BCUT2D eigenvalue weighted by Gasteiger charge is -2.09. The maximum Gasteiger partial charge on any atom is 0.256 e. The van der Waals surface area contributed by atoms with Gasteiger partial charge >= 0.3 is 0 Å². The number of nitrogen functional groups attached to an aromatic ring is 1. The molecule has 0 spiro atoms. The summed E-state index contributed by atoms with van der Waals surface area (Å²) in [5.41, 5.74) is 7.46. The molecular weight excluding hydrogens is 461 g/mol. The van der Waals surface area contributed by atoms with Crippen molar-refractivity contribution in [2.75, 3.05) is 44.2 Å². The van der Waals surface area contributed by atoms with Crippen molar-refractivity contribution < 1.29 is 23.2 Å². The first kappa shape index (κ1) is 26.8. The summed E-state index contributed by atoms with van der Waals surface area (Å²) < 4.78 is 30.0. The fourth-order valence-electron chi connectivity index (χ4n) is 2.71. The normalized spacial score (nSPS) is 11.2. The van der Waals surface area contributed by atoms with Crippen LogP contribution in [0.15, 0.2) is 59.6 Å². The Labute approximate surface area is 200 Å². The van der Waals surface area contributed by atoms with E-state index in [1.807, 2.05) is 30.3 Å². The number of ether oxygens (including phenoxy) is 1. The number of aliphatic hydroxyl groups is 1. The molecule has 0 radical (unpaired) electrons. The van der Waals surface area contributed by atoms with Crippen molar-refractivity contribution in [1.29, 1.82) is 0 Å². The summed E-state index contributed by atoms with van der Waals surface area (Å²) in [4.78, 5) is 20.0. The molecule has 2 aromatic carbocycles. The summed E-state index contributed by atoms with van der Waals surface area (Å²) in [6.45, 7) is 0.944. The van der Waals surface area contributed by atoms with Gasteiger partial charge in [-0.25, -0.2) is 9.37 Å². The zero-order valence-electron chi connectivity index (χ0n) is 19.0. The molecule has 0 saturated carbocycles. The number of anilines is 3. The highest BCUT2D eigenvalue weighted by atomic mass is 32.2. The second-order valence-electron chi connectivity index (χ2n) is 6.92. The minimum atomic E-state index is -1.42. The number of methoxy groups -OCH3 is 1. The van der Waals surface area contributed by atoms with E-state index in [1.54, 1.807) is 6.07 Å². The molecule has 1 amide bonds. The number of carbonyl (C=O) groups is 1. The molecule has 34 heavy (non-hydrogen) atoms. The number of benzene rings is 2. The predicted molar refractivity (Wildman–Crippen MR) is 130 cm³/mol. The van der Waals surface area contributed by atoms with Crippen molar-refractivity contribution in [1.82, 2.24) is 15.3 Å². The third-order valence-corrected chi connectivity index (χ3v) is 5.35. The van der Waals surface area contributed by atoms with Gasteiger partial charge in [-0.05, 0) is 30.2 Å². The molecule has 0 aliphatic heterocycles. The first-order valence-corrected chi connectivity index (χ1v) is 11.9. The Kier molecular flexibility index (Phi) is 11.0. The molecule has 0 aliphatic rings. The molecule has 3 rings (SSSR count). The fraction of sp³-hybridized carbons (Fsp3) is 0.261. The third-order valence-electron chi connectivity index (χ3n) is 4.40. The lowest BCUT2D eigenvalue weighted by atomic mass is 10.2. The lowest BCUT2D eigenvalue weighted by Crippen LogP contribution is -2.28. The van der Waals surface area contributed by atoms with Gasteiger partial charge in [0.2, 0.25) is 5.95 Å². The molecular formula is C23H28FN5O4S. The van der Waals surface area contributed by atoms with Crippen LogP contribution in [0.3, 0.4) is 0 Å². The van der Waals surface area contributed by atoms with Gasteiger partial charge in [0.25, 0.3) is 5.91 Å². The quantitative estimate of drug-likeness (QED) is 0.336. The summed E-state index contributed by atoms with van der Waals surface area (Å²) >= 11 is 0. The van der Waals surface area contributed by atoms with E-state index in [0.717, 1.165) is 6.42 Å². The van der Waals surface area contributed by atoms with Crippen molar-refractivity contribution in [3.05, 3.63) is 71.7 Å². The van der Waals surface area contributed by atoms with E-state index in [-0.39, 0.29) is 28.8 Å². The molecule has 9 nitrogen and oxygen atoms in total. The number of hydrogen-bond donors (Lipinski definition) is 4. The number of carbonyl (C=O) groups excluding carboxylic acids is 1. The number of halogens is 1. The number of rotatable bonds is 9. The standard InChI is InChI=1S/C15H18FN5O3S.C8H10O/c1-24-6-5-18-14(22)10-8-19-15(21-13(10)17)20-9-3-4-12(25(2)23)11(16)7-9;9-7-6-8-4-2-1-3-5-8/h3-4,7-8H,5-6H2,1-2H3,(H,18,22)(H3,17,19,20,21);1-5,9H,6-7H2. The average Bonchev–Trinajstić information content (AvgIpc) is 2.80. The Balaban J connectivity index is 0.000000379. The highest BCUT2D eigenvalue weighted by molar-refractivity contribution is 7.84. The van der Waals surface area contributed by atoms with Crippen molar-refractivity contribution >= 4 is 34.2 Å². The topological polar surface area (TPSA) is 139 Å². The zero-order chi connectivity index (χ0) is 24.9. The second kappa shape index (κ2) is 14.0. The zero-order valence-corrected chi connectivity index (χ0v) is 19.8. The van der Waals surface area contributed by atoms with Gasteiger partial charge < -0.3 is 26.2 Å².